The summed E-state index contributed by atoms with van der Waals surface area (Å²) in [5.74, 6) is -1.18. The monoisotopic (exact) mass is 616 g/mol. The first-order valence-electron chi connectivity index (χ1n) is 15.8. The fourth-order valence-electron chi connectivity index (χ4n) is 6.35. The first kappa shape index (κ1) is 32.8. The van der Waals surface area contributed by atoms with Gasteiger partial charge in [0.25, 0.3) is 0 Å². The van der Waals surface area contributed by atoms with Gasteiger partial charge in [-0.1, -0.05) is 79.7 Å². The number of aliphatic carboxylic acids is 1. The van der Waals surface area contributed by atoms with Crippen molar-refractivity contribution in [2.24, 2.45) is 5.92 Å². The minimum absolute atomic E-state index is 0.00185. The molecule has 0 aromatic heterocycles. The second-order valence-corrected chi connectivity index (χ2v) is 12.0. The van der Waals surface area contributed by atoms with Crippen molar-refractivity contribution in [3.63, 3.8) is 0 Å². The number of carboxylic acid groups (broad SMARTS) is 1. The summed E-state index contributed by atoms with van der Waals surface area (Å²) in [6.07, 6.45) is 1.22. The molecule has 3 aromatic rings. The first-order valence-corrected chi connectivity index (χ1v) is 15.8. The number of carboxylic acids is 1. The lowest BCUT2D eigenvalue weighted by molar-refractivity contribution is -0.276. The normalized spacial score (nSPS) is 23.6. The van der Waals surface area contributed by atoms with E-state index < -0.39 is 12.3 Å². The molecule has 0 aliphatic carbocycles. The number of benzene rings is 3. The van der Waals surface area contributed by atoms with Crippen LogP contribution in [0.25, 0.3) is 11.1 Å². The van der Waals surface area contributed by atoms with E-state index in [0.29, 0.717) is 19.2 Å². The zero-order valence-corrected chi connectivity index (χ0v) is 26.1. The molecular weight excluding hydrogens is 572 g/mol. The van der Waals surface area contributed by atoms with Crippen LogP contribution >= 0.6 is 0 Å². The van der Waals surface area contributed by atoms with Crippen LogP contribution in [0, 0.1) is 5.92 Å². The van der Waals surface area contributed by atoms with Crippen molar-refractivity contribution in [1.82, 2.24) is 10.2 Å². The molecule has 0 radical (unpaired) electrons. The van der Waals surface area contributed by atoms with Gasteiger partial charge in [-0.25, -0.2) is 0 Å². The van der Waals surface area contributed by atoms with Crippen LogP contribution in [0.3, 0.4) is 0 Å². The molecule has 9 nitrogen and oxygen atoms in total. The summed E-state index contributed by atoms with van der Waals surface area (Å²) in [4.78, 5) is 25.4. The van der Waals surface area contributed by atoms with Crippen molar-refractivity contribution in [3.05, 3.63) is 95.1 Å². The van der Waals surface area contributed by atoms with E-state index in [-0.39, 0.29) is 43.5 Å². The van der Waals surface area contributed by atoms with Gasteiger partial charge >= 0.3 is 5.97 Å². The van der Waals surface area contributed by atoms with Crippen LogP contribution in [-0.4, -0.2) is 65.9 Å². The van der Waals surface area contributed by atoms with Crippen LogP contribution in [0.1, 0.15) is 67.3 Å². The van der Waals surface area contributed by atoms with Crippen molar-refractivity contribution in [2.75, 3.05) is 26.8 Å². The number of hydrogen-bond donors (Lipinski definition) is 3. The Labute approximate surface area is 265 Å². The number of aliphatic hydroxyl groups excluding tert-OH is 1. The Morgan fingerprint density at radius 3 is 2.42 bits per heavy atom. The highest BCUT2D eigenvalue weighted by molar-refractivity contribution is 5.80. The minimum Gasteiger partial charge on any atom is -0.481 e. The van der Waals surface area contributed by atoms with E-state index in [1.807, 2.05) is 72.8 Å². The molecule has 0 saturated carbocycles. The average molecular weight is 617 g/mol. The Hall–Kier alpha value is -3.60. The third kappa shape index (κ3) is 8.36. The maximum Gasteiger partial charge on any atom is 0.303 e. The summed E-state index contributed by atoms with van der Waals surface area (Å²) in [6, 6.07) is 24.4. The van der Waals surface area contributed by atoms with Crippen molar-refractivity contribution in [2.45, 2.75) is 70.3 Å². The fraction of sp³-hybridized carbons (Fsp3) is 0.444. The van der Waals surface area contributed by atoms with Gasteiger partial charge in [0, 0.05) is 44.1 Å². The van der Waals surface area contributed by atoms with E-state index in [0.717, 1.165) is 59.3 Å². The van der Waals surface area contributed by atoms with Crippen LogP contribution < -0.4 is 5.32 Å². The summed E-state index contributed by atoms with van der Waals surface area (Å²) in [5.41, 5.74) is 5.76. The molecule has 0 unspecified atom stereocenters. The van der Waals surface area contributed by atoms with Crippen LogP contribution in [0.2, 0.25) is 0 Å². The lowest BCUT2D eigenvalue weighted by Crippen LogP contribution is -2.46. The van der Waals surface area contributed by atoms with Gasteiger partial charge in [-0.3, -0.25) is 14.5 Å². The Bertz CT molecular complexity index is 1410. The van der Waals surface area contributed by atoms with Gasteiger partial charge < -0.3 is 29.7 Å². The summed E-state index contributed by atoms with van der Waals surface area (Å²) < 4.78 is 18.9. The van der Waals surface area contributed by atoms with E-state index >= 15 is 0 Å². The van der Waals surface area contributed by atoms with Gasteiger partial charge in [0.15, 0.2) is 6.29 Å². The van der Waals surface area contributed by atoms with E-state index in [4.69, 9.17) is 19.3 Å². The molecule has 45 heavy (non-hydrogen) atoms. The van der Waals surface area contributed by atoms with Gasteiger partial charge in [0.2, 0.25) is 5.91 Å². The molecule has 2 saturated heterocycles. The van der Waals surface area contributed by atoms with E-state index in [1.54, 1.807) is 7.11 Å². The summed E-state index contributed by atoms with van der Waals surface area (Å²) >= 11 is 0. The molecule has 3 aromatic carbocycles. The first-order chi connectivity index (χ1) is 21.9. The highest BCUT2D eigenvalue weighted by Gasteiger charge is 2.40. The molecular formula is C36H44N2O7. The maximum atomic E-state index is 12.1. The third-order valence-corrected chi connectivity index (χ3v) is 8.95. The smallest absolute Gasteiger partial charge is 0.303 e. The molecule has 2 aliphatic heterocycles. The van der Waals surface area contributed by atoms with Crippen LogP contribution in [-0.2, 0) is 37.0 Å². The topological polar surface area (TPSA) is 118 Å². The number of ether oxygens (including phenoxy) is 3. The van der Waals surface area contributed by atoms with Crippen molar-refractivity contribution in [3.8, 4) is 11.1 Å². The minimum atomic E-state index is -0.991. The van der Waals surface area contributed by atoms with Gasteiger partial charge in [0.1, 0.15) is 0 Å². The van der Waals surface area contributed by atoms with Gasteiger partial charge in [-0.2, -0.15) is 0 Å². The number of aliphatic hydroxyl groups is 1. The molecule has 2 heterocycles. The number of carbonyl (C=O) groups is 2. The Balaban J connectivity index is 1.35. The zero-order chi connectivity index (χ0) is 31.8. The molecule has 2 aliphatic rings. The van der Waals surface area contributed by atoms with Crippen molar-refractivity contribution in [1.29, 1.82) is 0 Å². The molecule has 9 heteroatoms. The van der Waals surface area contributed by atoms with Crippen molar-refractivity contribution < 1.29 is 34.0 Å². The van der Waals surface area contributed by atoms with Gasteiger partial charge in [-0.15, -0.1) is 0 Å². The number of carbonyl (C=O) groups excluding carboxylic acids is 1. The quantitative estimate of drug-likeness (QED) is 0.239. The number of hydrogen-bond acceptors (Lipinski definition) is 7. The second kappa shape index (κ2) is 15.6. The van der Waals surface area contributed by atoms with Crippen LogP contribution in [0.4, 0.5) is 0 Å². The molecule has 0 spiro atoms. The number of nitrogens with one attached hydrogen (secondary N) is 1. The fourth-order valence-corrected chi connectivity index (χ4v) is 6.35. The predicted molar refractivity (Wildman–Crippen MR) is 170 cm³/mol. The predicted octanol–water partition coefficient (Wildman–Crippen LogP) is 5.23. The third-order valence-electron chi connectivity index (χ3n) is 8.95. The Kier molecular flexibility index (Phi) is 11.4. The molecule has 0 bridgehead atoms. The number of methoxy groups -OCH3 is 1. The van der Waals surface area contributed by atoms with E-state index in [9.17, 15) is 14.7 Å². The standard InChI is InChI=1S/C36H44N2O7/c1-24-32(21-38-19-5-7-30(38)23-43-2)44-36(45-35(24)27-11-9-25(22-39)10-12-27)28-15-13-26(14-16-28)31-8-4-3-6-29(31)20-37-33(40)17-18-34(41)42/h3-4,6,8-16,24,30,32,35-36,39H,5,7,17-23H2,1-2H3,(H,37,40)(H,41,42)/t24-,30+,32+,35+,36+/m1/s1. The second-order valence-electron chi connectivity index (χ2n) is 12.0. The summed E-state index contributed by atoms with van der Waals surface area (Å²) in [7, 11) is 1.76. The van der Waals surface area contributed by atoms with Gasteiger partial charge in [-0.05, 0) is 47.2 Å². The highest BCUT2D eigenvalue weighted by atomic mass is 16.7. The molecule has 5 rings (SSSR count). The highest BCUT2D eigenvalue weighted by Crippen LogP contribution is 2.42. The molecule has 240 valence electrons. The van der Waals surface area contributed by atoms with E-state index in [2.05, 4.69) is 17.1 Å². The largest absolute Gasteiger partial charge is 0.481 e. The lowest BCUT2D eigenvalue weighted by Gasteiger charge is -2.43. The number of amides is 1. The molecule has 1 amide bonds. The number of rotatable bonds is 13. The molecule has 2 fully saturated rings. The molecule has 3 N–H and O–H groups in total. The van der Waals surface area contributed by atoms with E-state index in [1.165, 1.54) is 0 Å². The SMILES string of the molecule is COC[C@@H]1CCCN1C[C@@H]1O[C@H](c2ccc(-c3ccccc3CNC(=O)CCC(=O)O)cc2)O[C@H](c2ccc(CO)cc2)[C@@H]1C. The van der Waals surface area contributed by atoms with Gasteiger partial charge in [0.05, 0.1) is 31.8 Å². The van der Waals surface area contributed by atoms with Crippen molar-refractivity contribution >= 4 is 11.9 Å². The lowest BCUT2D eigenvalue weighted by atomic mass is 9.89. The molecule has 5 atom stereocenters. The Morgan fingerprint density at radius 2 is 1.71 bits per heavy atom. The average Bonchev–Trinajstić information content (AvgIpc) is 3.50. The Morgan fingerprint density at radius 1 is 0.978 bits per heavy atom. The van der Waals surface area contributed by atoms with Crippen LogP contribution in [0.5, 0.6) is 0 Å². The van der Waals surface area contributed by atoms with Crippen LogP contribution in [0.15, 0.2) is 72.8 Å². The zero-order valence-electron chi connectivity index (χ0n) is 26.1. The summed E-state index contributed by atoms with van der Waals surface area (Å²) in [6.45, 7) is 5.02. The number of nitrogens with zero attached hydrogens (tertiary/aromatic N) is 1. The summed E-state index contributed by atoms with van der Waals surface area (Å²) in [5, 5.41) is 21.3. The maximum absolute atomic E-state index is 12.1. The number of likely N-dealkylation sites (tertiary alicyclic amines) is 1.